The molecule has 1 aromatic heterocycles. The zero-order valence-electron chi connectivity index (χ0n) is 9.30. The molecule has 1 nitrogen and oxygen atoms in total. The van der Waals surface area contributed by atoms with E-state index < -0.39 is 0 Å². The highest BCUT2D eigenvalue weighted by Crippen LogP contribution is 2.47. The van der Waals surface area contributed by atoms with Crippen molar-refractivity contribution < 1.29 is 0 Å². The first-order valence-corrected chi connectivity index (χ1v) is 5.81. The standard InChI is InChI=1S/C16H11N/c1-2-6-14-13(5-1)15-8-7-12(11-16(14)15)17-9-3-4-10-17/h1-11H. The summed E-state index contributed by atoms with van der Waals surface area (Å²) in [5, 5.41) is 0. The quantitative estimate of drug-likeness (QED) is 0.452. The maximum absolute atomic E-state index is 2.26. The van der Waals surface area contributed by atoms with E-state index >= 15 is 0 Å². The Morgan fingerprint density at radius 2 is 1.24 bits per heavy atom. The first kappa shape index (κ1) is 8.82. The molecule has 1 aliphatic carbocycles. The molecule has 80 valence electrons. The topological polar surface area (TPSA) is 4.93 Å². The van der Waals surface area contributed by atoms with Crippen LogP contribution in [-0.4, -0.2) is 4.57 Å². The van der Waals surface area contributed by atoms with Gasteiger partial charge in [0.05, 0.1) is 0 Å². The summed E-state index contributed by atoms with van der Waals surface area (Å²) in [6.07, 6.45) is 4.15. The van der Waals surface area contributed by atoms with Crippen molar-refractivity contribution >= 4 is 0 Å². The van der Waals surface area contributed by atoms with Crippen molar-refractivity contribution in [3.8, 4) is 27.9 Å². The van der Waals surface area contributed by atoms with Gasteiger partial charge in [0.15, 0.2) is 0 Å². The van der Waals surface area contributed by atoms with Crippen LogP contribution in [0, 0.1) is 0 Å². The molecule has 1 heteroatoms. The lowest BCUT2D eigenvalue weighted by atomic mass is 9.80. The fourth-order valence-corrected chi connectivity index (χ4v) is 2.55. The summed E-state index contributed by atoms with van der Waals surface area (Å²) in [5.74, 6) is 0. The summed E-state index contributed by atoms with van der Waals surface area (Å²) in [5.41, 5.74) is 6.71. The number of nitrogens with zero attached hydrogens (tertiary/aromatic N) is 1. The maximum atomic E-state index is 2.26. The summed E-state index contributed by atoms with van der Waals surface area (Å²) in [4.78, 5) is 0. The van der Waals surface area contributed by atoms with Crippen molar-refractivity contribution in [3.63, 3.8) is 0 Å². The van der Waals surface area contributed by atoms with E-state index in [4.69, 9.17) is 0 Å². The smallest absolute Gasteiger partial charge is 0.0455 e. The fourth-order valence-electron chi connectivity index (χ4n) is 2.55. The highest BCUT2D eigenvalue weighted by molar-refractivity contribution is 6.02. The molecule has 0 spiro atoms. The molecule has 0 aliphatic heterocycles. The highest BCUT2D eigenvalue weighted by atomic mass is 14.9. The van der Waals surface area contributed by atoms with E-state index in [1.807, 2.05) is 12.1 Å². The van der Waals surface area contributed by atoms with Crippen molar-refractivity contribution in [3.05, 3.63) is 67.0 Å². The molecule has 0 bridgehead atoms. The van der Waals surface area contributed by atoms with Gasteiger partial charge in [0.1, 0.15) is 0 Å². The van der Waals surface area contributed by atoms with E-state index in [0.717, 1.165) is 0 Å². The minimum atomic E-state index is 1.23. The summed E-state index contributed by atoms with van der Waals surface area (Å²) in [6.45, 7) is 0. The minimum Gasteiger partial charge on any atom is -0.324 e. The van der Waals surface area contributed by atoms with Gasteiger partial charge in [-0.2, -0.15) is 0 Å². The largest absolute Gasteiger partial charge is 0.324 e. The van der Waals surface area contributed by atoms with Crippen LogP contribution in [0.3, 0.4) is 0 Å². The van der Waals surface area contributed by atoms with Gasteiger partial charge in [0.2, 0.25) is 0 Å². The second kappa shape index (κ2) is 3.11. The van der Waals surface area contributed by atoms with Crippen LogP contribution in [0.5, 0.6) is 0 Å². The van der Waals surface area contributed by atoms with Crippen LogP contribution in [0.15, 0.2) is 67.0 Å². The van der Waals surface area contributed by atoms with Crippen molar-refractivity contribution in [2.45, 2.75) is 0 Å². The van der Waals surface area contributed by atoms with Crippen molar-refractivity contribution in [2.24, 2.45) is 0 Å². The molecule has 0 amide bonds. The van der Waals surface area contributed by atoms with E-state index in [-0.39, 0.29) is 0 Å². The normalized spacial score (nSPS) is 11.5. The van der Waals surface area contributed by atoms with Crippen LogP contribution in [-0.2, 0) is 0 Å². The number of hydrogen-bond donors (Lipinski definition) is 0. The van der Waals surface area contributed by atoms with Gasteiger partial charge in [-0.1, -0.05) is 30.3 Å². The van der Waals surface area contributed by atoms with E-state index in [1.54, 1.807) is 0 Å². The van der Waals surface area contributed by atoms with Crippen LogP contribution < -0.4 is 0 Å². The Morgan fingerprint density at radius 3 is 2.00 bits per heavy atom. The number of benzene rings is 2. The van der Waals surface area contributed by atoms with Crippen molar-refractivity contribution in [1.82, 2.24) is 4.57 Å². The van der Waals surface area contributed by atoms with E-state index in [0.29, 0.717) is 0 Å². The van der Waals surface area contributed by atoms with Gasteiger partial charge >= 0.3 is 0 Å². The average molecular weight is 217 g/mol. The van der Waals surface area contributed by atoms with E-state index in [2.05, 4.69) is 59.4 Å². The third kappa shape index (κ3) is 1.14. The lowest BCUT2D eigenvalue weighted by molar-refractivity contribution is 1.08. The van der Waals surface area contributed by atoms with Gasteiger partial charge in [-0.05, 0) is 46.5 Å². The second-order valence-electron chi connectivity index (χ2n) is 4.37. The number of rotatable bonds is 1. The van der Waals surface area contributed by atoms with Crippen LogP contribution in [0.2, 0.25) is 0 Å². The van der Waals surface area contributed by atoms with Crippen molar-refractivity contribution in [2.75, 3.05) is 0 Å². The van der Waals surface area contributed by atoms with Gasteiger partial charge < -0.3 is 4.57 Å². The van der Waals surface area contributed by atoms with Crippen LogP contribution in [0.1, 0.15) is 0 Å². The first-order chi connectivity index (χ1) is 8.43. The third-order valence-electron chi connectivity index (χ3n) is 3.41. The molecule has 2 aromatic carbocycles. The zero-order chi connectivity index (χ0) is 11.2. The molecular weight excluding hydrogens is 206 g/mol. The molecule has 4 rings (SSSR count). The lowest BCUT2D eigenvalue weighted by Crippen LogP contribution is -2.00. The number of aromatic nitrogens is 1. The third-order valence-corrected chi connectivity index (χ3v) is 3.41. The van der Waals surface area contributed by atoms with Gasteiger partial charge in [0, 0.05) is 18.1 Å². The van der Waals surface area contributed by atoms with Gasteiger partial charge in [-0.25, -0.2) is 0 Å². The SMILES string of the molecule is c1ccc2c(c1)-c1ccc(-n3cccc3)cc1-2. The van der Waals surface area contributed by atoms with Crippen molar-refractivity contribution in [1.29, 1.82) is 0 Å². The molecule has 17 heavy (non-hydrogen) atoms. The van der Waals surface area contributed by atoms with Gasteiger partial charge in [0.25, 0.3) is 0 Å². The molecule has 0 saturated heterocycles. The van der Waals surface area contributed by atoms with Crippen LogP contribution in [0.25, 0.3) is 27.9 Å². The second-order valence-corrected chi connectivity index (χ2v) is 4.37. The molecule has 0 radical (unpaired) electrons. The highest BCUT2D eigenvalue weighted by Gasteiger charge is 2.21. The summed E-state index contributed by atoms with van der Waals surface area (Å²) in [7, 11) is 0. The van der Waals surface area contributed by atoms with Crippen LogP contribution >= 0.6 is 0 Å². The Morgan fingerprint density at radius 1 is 0.588 bits per heavy atom. The maximum Gasteiger partial charge on any atom is 0.0455 e. The molecule has 0 unspecified atom stereocenters. The summed E-state index contributed by atoms with van der Waals surface area (Å²) < 4.78 is 2.14. The molecule has 3 aromatic rings. The molecule has 0 atom stereocenters. The molecule has 0 N–H and O–H groups in total. The Kier molecular flexibility index (Phi) is 1.61. The molecular formula is C16H11N. The molecule has 0 saturated carbocycles. The van der Waals surface area contributed by atoms with E-state index in [1.165, 1.54) is 27.9 Å². The molecule has 1 aliphatic rings. The van der Waals surface area contributed by atoms with Gasteiger partial charge in [-0.15, -0.1) is 0 Å². The Balaban J connectivity index is 1.89. The number of hydrogen-bond acceptors (Lipinski definition) is 0. The summed E-state index contributed by atoms with van der Waals surface area (Å²) in [6, 6.07) is 19.3. The predicted octanol–water partition coefficient (Wildman–Crippen LogP) is 4.12. The van der Waals surface area contributed by atoms with Gasteiger partial charge in [-0.3, -0.25) is 0 Å². The fraction of sp³-hybridized carbons (Fsp3) is 0. The van der Waals surface area contributed by atoms with E-state index in [9.17, 15) is 0 Å². The summed E-state index contributed by atoms with van der Waals surface area (Å²) >= 11 is 0. The minimum absolute atomic E-state index is 1.23. The Bertz CT molecular complexity index is 693. The lowest BCUT2D eigenvalue weighted by Gasteiger charge is -2.24. The Labute approximate surface area is 100.0 Å². The molecule has 0 fully saturated rings. The first-order valence-electron chi connectivity index (χ1n) is 5.81. The Hall–Kier alpha value is -2.28. The predicted molar refractivity (Wildman–Crippen MR) is 70.2 cm³/mol. The monoisotopic (exact) mass is 217 g/mol. The number of fused-ring (bicyclic) bond motifs is 4. The average Bonchev–Trinajstić information content (AvgIpc) is 2.89. The zero-order valence-corrected chi connectivity index (χ0v) is 9.30. The van der Waals surface area contributed by atoms with Crippen LogP contribution in [0.4, 0.5) is 0 Å². The molecule has 1 heterocycles.